The average Bonchev–Trinajstić information content (AvgIpc) is 2.76. The van der Waals surface area contributed by atoms with Crippen molar-refractivity contribution in [2.75, 3.05) is 10.6 Å². The van der Waals surface area contributed by atoms with Crippen LogP contribution in [-0.2, 0) is 0 Å². The predicted octanol–water partition coefficient (Wildman–Crippen LogP) is 5.78. The van der Waals surface area contributed by atoms with Gasteiger partial charge in [-0.2, -0.15) is 20.2 Å². The maximum atomic E-state index is 14.2. The van der Waals surface area contributed by atoms with E-state index in [1.54, 1.807) is 18.2 Å². The van der Waals surface area contributed by atoms with Crippen LogP contribution in [0.4, 0.5) is 22.0 Å². The quantitative estimate of drug-likeness (QED) is 0.398. The third-order valence-corrected chi connectivity index (χ3v) is 4.53. The van der Waals surface area contributed by atoms with Gasteiger partial charge in [-0.3, -0.25) is 0 Å². The number of halogens is 2. The lowest BCUT2D eigenvalue weighted by Gasteiger charge is -2.11. The molecule has 3 aromatic carbocycles. The summed E-state index contributed by atoms with van der Waals surface area (Å²) in [6.45, 7) is 3.58. The van der Waals surface area contributed by atoms with Crippen molar-refractivity contribution < 1.29 is 9.13 Å². The molecule has 1 aromatic heterocycles. The molecule has 4 aromatic rings. The molecule has 4 rings (SSSR count). The van der Waals surface area contributed by atoms with Crippen LogP contribution < -0.4 is 15.4 Å². The van der Waals surface area contributed by atoms with Crippen LogP contribution in [0.1, 0.15) is 5.56 Å². The minimum absolute atomic E-state index is 0.0256. The van der Waals surface area contributed by atoms with Crippen molar-refractivity contribution in [3.8, 4) is 17.8 Å². The molecule has 0 amide bonds. The molecule has 31 heavy (non-hydrogen) atoms. The molecule has 152 valence electrons. The highest BCUT2D eigenvalue weighted by molar-refractivity contribution is 6.35. The zero-order valence-electron chi connectivity index (χ0n) is 15.9. The molecule has 0 radical (unpaired) electrons. The number of nitrogens with one attached hydrogen (secondary N) is 2. The summed E-state index contributed by atoms with van der Waals surface area (Å²) in [5, 5.41) is 16.8. The van der Waals surface area contributed by atoms with Crippen LogP contribution in [0.5, 0.6) is 11.8 Å². The fraction of sp³-hybridized carbons (Fsp3) is 0. The lowest BCUT2D eigenvalue weighted by molar-refractivity contribution is 0.442. The summed E-state index contributed by atoms with van der Waals surface area (Å²) in [5.41, 5.74) is 0.296. The molecule has 9 heteroatoms. The Kier molecular flexibility index (Phi) is 5.60. The molecule has 0 aliphatic carbocycles. The molecule has 0 spiro atoms. The van der Waals surface area contributed by atoms with Crippen molar-refractivity contribution in [1.29, 1.82) is 5.26 Å². The average molecular weight is 433 g/mol. The van der Waals surface area contributed by atoms with E-state index in [4.69, 9.17) is 21.6 Å². The third-order valence-electron chi connectivity index (χ3n) is 4.20. The van der Waals surface area contributed by atoms with Crippen LogP contribution in [0.3, 0.4) is 0 Å². The van der Waals surface area contributed by atoms with Gasteiger partial charge in [0.1, 0.15) is 11.6 Å². The number of hydrogen-bond donors (Lipinski definition) is 2. The Bertz CT molecular complexity index is 1340. The molecule has 0 saturated carbocycles. The lowest BCUT2D eigenvalue weighted by atomic mass is 10.1. The molecule has 2 N–H and O–H groups in total. The van der Waals surface area contributed by atoms with Crippen LogP contribution in [0.25, 0.3) is 10.8 Å². The van der Waals surface area contributed by atoms with Crippen LogP contribution in [0.15, 0.2) is 67.4 Å². The first-order valence-electron chi connectivity index (χ1n) is 9.02. The Balaban J connectivity index is 1.66. The summed E-state index contributed by atoms with van der Waals surface area (Å²) in [5.74, 6) is 0.0309. The topological polar surface area (TPSA) is 95.8 Å². The second-order valence-corrected chi connectivity index (χ2v) is 6.68. The van der Waals surface area contributed by atoms with Gasteiger partial charge in [-0.1, -0.05) is 36.4 Å². The Morgan fingerprint density at radius 2 is 1.90 bits per heavy atom. The van der Waals surface area contributed by atoms with E-state index < -0.39 is 5.82 Å². The maximum absolute atomic E-state index is 14.2. The summed E-state index contributed by atoms with van der Waals surface area (Å²) in [6.07, 6.45) is 1.39. The predicted molar refractivity (Wildman–Crippen MR) is 117 cm³/mol. The van der Waals surface area contributed by atoms with Gasteiger partial charge in [0.2, 0.25) is 11.9 Å². The largest absolute Gasteiger partial charge is 0.424 e. The fourth-order valence-electron chi connectivity index (χ4n) is 2.80. The van der Waals surface area contributed by atoms with E-state index in [1.807, 2.05) is 24.3 Å². The molecule has 0 saturated heterocycles. The Morgan fingerprint density at radius 1 is 1.06 bits per heavy atom. The van der Waals surface area contributed by atoms with Gasteiger partial charge in [0, 0.05) is 10.4 Å². The van der Waals surface area contributed by atoms with Gasteiger partial charge in [0.25, 0.3) is 0 Å². The highest BCUT2D eigenvalue weighted by Crippen LogP contribution is 2.29. The summed E-state index contributed by atoms with van der Waals surface area (Å²) in [4.78, 5) is 12.5. The van der Waals surface area contributed by atoms with Gasteiger partial charge in [-0.05, 0) is 48.0 Å². The van der Waals surface area contributed by atoms with Crippen molar-refractivity contribution in [3.63, 3.8) is 0 Å². The number of hydrogen-bond acceptors (Lipinski definition) is 7. The van der Waals surface area contributed by atoms with Crippen LogP contribution in [0.2, 0.25) is 5.02 Å². The lowest BCUT2D eigenvalue weighted by Crippen LogP contribution is -2.06. The monoisotopic (exact) mass is 432 g/mol. The van der Waals surface area contributed by atoms with Crippen LogP contribution >= 0.6 is 11.6 Å². The van der Waals surface area contributed by atoms with Crippen molar-refractivity contribution in [2.24, 2.45) is 0 Å². The van der Waals surface area contributed by atoms with E-state index in [1.165, 1.54) is 18.3 Å². The number of anilines is 3. The molecule has 0 atom stereocenters. The summed E-state index contributed by atoms with van der Waals surface area (Å²) >= 11 is 6.27. The molecular weight excluding hydrogens is 419 g/mol. The van der Waals surface area contributed by atoms with Crippen molar-refractivity contribution >= 4 is 40.0 Å². The van der Waals surface area contributed by atoms with Crippen LogP contribution in [-0.4, -0.2) is 15.0 Å². The molecule has 0 unspecified atom stereocenters. The first-order chi connectivity index (χ1) is 15.1. The van der Waals surface area contributed by atoms with E-state index >= 15 is 0 Å². The van der Waals surface area contributed by atoms with Crippen LogP contribution in [0, 0.1) is 17.1 Å². The van der Waals surface area contributed by atoms with Crippen molar-refractivity contribution in [2.45, 2.75) is 0 Å². The Labute approximate surface area is 181 Å². The minimum atomic E-state index is -0.621. The molecular formula is C22H14ClFN6O. The smallest absolute Gasteiger partial charge is 0.328 e. The number of benzene rings is 3. The third kappa shape index (κ3) is 4.52. The zero-order chi connectivity index (χ0) is 21.8. The maximum Gasteiger partial charge on any atom is 0.328 e. The number of aromatic nitrogens is 3. The molecule has 0 fully saturated rings. The number of fused-ring (bicyclic) bond motifs is 1. The molecule has 0 aliphatic heterocycles. The first-order valence-corrected chi connectivity index (χ1v) is 9.40. The Hall–Kier alpha value is -4.22. The SMILES string of the molecule is C=CNc1nc(Nc2ccc(C#N)cc2F)nc(Oc2ccc3cccc(Cl)c3c2)n1. The number of ether oxygens (including phenoxy) is 1. The van der Waals surface area contributed by atoms with Gasteiger partial charge in [0.15, 0.2) is 0 Å². The minimum Gasteiger partial charge on any atom is -0.424 e. The first kappa shape index (κ1) is 20.1. The van der Waals surface area contributed by atoms with E-state index in [-0.39, 0.29) is 29.2 Å². The number of rotatable bonds is 6. The van der Waals surface area contributed by atoms with Gasteiger partial charge in [-0.25, -0.2) is 4.39 Å². The highest BCUT2D eigenvalue weighted by Gasteiger charge is 2.12. The standard InChI is InChI=1S/C22H14ClFN6O/c1-2-26-20-28-21(27-19-9-6-13(12-25)10-18(19)24)30-22(29-20)31-15-8-7-14-4-3-5-17(23)16(14)11-15/h2-11H,1H2,(H2,26,27,28,29,30). The van der Waals surface area contributed by atoms with Crippen molar-refractivity contribution in [3.05, 3.63) is 83.8 Å². The zero-order valence-corrected chi connectivity index (χ0v) is 16.7. The fourth-order valence-corrected chi connectivity index (χ4v) is 3.04. The highest BCUT2D eigenvalue weighted by atomic mass is 35.5. The van der Waals surface area contributed by atoms with E-state index in [2.05, 4.69) is 32.2 Å². The van der Waals surface area contributed by atoms with Gasteiger partial charge < -0.3 is 15.4 Å². The van der Waals surface area contributed by atoms with Gasteiger partial charge >= 0.3 is 6.01 Å². The number of nitriles is 1. The summed E-state index contributed by atoms with van der Waals surface area (Å²) in [6, 6.07) is 16.9. The molecule has 0 bridgehead atoms. The van der Waals surface area contributed by atoms with E-state index in [0.29, 0.717) is 10.8 Å². The second-order valence-electron chi connectivity index (χ2n) is 6.27. The second kappa shape index (κ2) is 8.65. The molecule has 1 heterocycles. The normalized spacial score (nSPS) is 10.4. The van der Waals surface area contributed by atoms with Gasteiger partial charge in [0.05, 0.1) is 17.3 Å². The summed E-state index contributed by atoms with van der Waals surface area (Å²) in [7, 11) is 0. The van der Waals surface area contributed by atoms with Crippen molar-refractivity contribution in [1.82, 2.24) is 15.0 Å². The Morgan fingerprint density at radius 3 is 2.68 bits per heavy atom. The molecule has 0 aliphatic rings. The summed E-state index contributed by atoms with van der Waals surface area (Å²) < 4.78 is 20.0. The molecule has 7 nitrogen and oxygen atoms in total. The van der Waals surface area contributed by atoms with Gasteiger partial charge in [-0.15, -0.1) is 0 Å². The van der Waals surface area contributed by atoms with E-state index in [9.17, 15) is 4.39 Å². The van der Waals surface area contributed by atoms with E-state index in [0.717, 1.165) is 16.8 Å². The number of nitrogens with zero attached hydrogens (tertiary/aromatic N) is 4.